The van der Waals surface area contributed by atoms with Crippen LogP contribution < -0.4 is 11.1 Å². The van der Waals surface area contributed by atoms with E-state index < -0.39 is 29.9 Å². The molecule has 0 aliphatic heterocycles. The van der Waals surface area contributed by atoms with Crippen LogP contribution in [0.15, 0.2) is 0 Å². The summed E-state index contributed by atoms with van der Waals surface area (Å²) in [5.41, 5.74) is 5.03. The Balaban J connectivity index is 3.81. The molecule has 3 atom stereocenters. The Labute approximate surface area is 179 Å². The average molecular weight is 417 g/mol. The summed E-state index contributed by atoms with van der Waals surface area (Å²) in [6.45, 7) is 7.59. The maximum absolute atomic E-state index is 11.8. The number of rotatable bonds is 17. The molecule has 174 valence electrons. The van der Waals surface area contributed by atoms with E-state index in [1.165, 1.54) is 57.8 Å². The number of ether oxygens (including phenoxy) is 1. The number of nitrogens with one attached hydrogen (secondary N) is 1. The lowest BCUT2D eigenvalue weighted by Gasteiger charge is -2.28. The van der Waals surface area contributed by atoms with E-state index in [1.54, 1.807) is 20.8 Å². The van der Waals surface area contributed by atoms with E-state index in [0.29, 0.717) is 6.42 Å². The molecular formula is C23H48N2O4. The molecule has 6 heteroatoms. The summed E-state index contributed by atoms with van der Waals surface area (Å²) < 4.78 is 5.18. The molecule has 1 amide bonds. The average Bonchev–Trinajstić information content (AvgIpc) is 2.64. The van der Waals surface area contributed by atoms with E-state index in [1.807, 2.05) is 0 Å². The molecule has 0 aliphatic carbocycles. The molecule has 0 aromatic heterocycles. The first-order chi connectivity index (χ1) is 13.7. The lowest BCUT2D eigenvalue weighted by Crippen LogP contribution is -2.53. The Kier molecular flexibility index (Phi) is 16.4. The molecule has 0 bridgehead atoms. The summed E-state index contributed by atoms with van der Waals surface area (Å²) in [5, 5.41) is 23.1. The van der Waals surface area contributed by atoms with E-state index in [9.17, 15) is 15.0 Å². The number of aliphatic hydroxyl groups excluding tert-OH is 2. The Morgan fingerprint density at radius 2 is 1.34 bits per heavy atom. The van der Waals surface area contributed by atoms with E-state index >= 15 is 0 Å². The number of hydrogen-bond donors (Lipinski definition) is 4. The molecule has 0 saturated heterocycles. The largest absolute Gasteiger partial charge is 0.444 e. The number of nitrogens with two attached hydrogens (primary N) is 1. The van der Waals surface area contributed by atoms with Crippen molar-refractivity contribution in [3.8, 4) is 0 Å². The zero-order valence-electron chi connectivity index (χ0n) is 19.4. The van der Waals surface area contributed by atoms with Crippen LogP contribution in [0.2, 0.25) is 0 Å². The van der Waals surface area contributed by atoms with Crippen molar-refractivity contribution in [3.63, 3.8) is 0 Å². The molecule has 0 heterocycles. The van der Waals surface area contributed by atoms with Gasteiger partial charge >= 0.3 is 6.09 Å². The van der Waals surface area contributed by atoms with Crippen LogP contribution in [0.25, 0.3) is 0 Å². The van der Waals surface area contributed by atoms with Gasteiger partial charge in [0.05, 0.1) is 12.1 Å². The number of unbranched alkanes of at least 4 members (excludes halogenated alkanes) is 11. The van der Waals surface area contributed by atoms with Gasteiger partial charge in [-0.05, 0) is 27.2 Å². The fourth-order valence-corrected chi connectivity index (χ4v) is 3.38. The van der Waals surface area contributed by atoms with Gasteiger partial charge in [-0.1, -0.05) is 84.0 Å². The molecule has 6 nitrogen and oxygen atoms in total. The van der Waals surface area contributed by atoms with E-state index in [2.05, 4.69) is 12.2 Å². The lowest BCUT2D eigenvalue weighted by atomic mass is 9.99. The molecule has 0 aromatic rings. The Hall–Kier alpha value is -0.850. The first kappa shape index (κ1) is 28.1. The highest BCUT2D eigenvalue weighted by atomic mass is 16.6. The second-order valence-electron chi connectivity index (χ2n) is 9.22. The van der Waals surface area contributed by atoms with Gasteiger partial charge in [0.2, 0.25) is 0 Å². The third-order valence-corrected chi connectivity index (χ3v) is 5.12. The summed E-state index contributed by atoms with van der Waals surface area (Å²) in [4.78, 5) is 11.8. The van der Waals surface area contributed by atoms with Gasteiger partial charge in [0.1, 0.15) is 11.7 Å². The van der Waals surface area contributed by atoms with Crippen molar-refractivity contribution in [2.45, 2.75) is 135 Å². The van der Waals surface area contributed by atoms with Crippen molar-refractivity contribution in [2.75, 3.05) is 6.54 Å². The normalized spacial score (nSPS) is 15.0. The zero-order chi connectivity index (χ0) is 22.1. The summed E-state index contributed by atoms with van der Waals surface area (Å²) in [7, 11) is 0. The monoisotopic (exact) mass is 416 g/mol. The highest BCUT2D eigenvalue weighted by Gasteiger charge is 2.28. The number of hydrogen-bond acceptors (Lipinski definition) is 5. The molecule has 0 unspecified atom stereocenters. The fourth-order valence-electron chi connectivity index (χ4n) is 3.38. The quantitative estimate of drug-likeness (QED) is 0.258. The predicted molar refractivity (Wildman–Crippen MR) is 120 cm³/mol. The van der Waals surface area contributed by atoms with Gasteiger partial charge in [0.15, 0.2) is 0 Å². The van der Waals surface area contributed by atoms with E-state index in [-0.39, 0.29) is 6.54 Å². The predicted octanol–water partition coefficient (Wildman–Crippen LogP) is 4.65. The molecule has 0 radical (unpaired) electrons. The molecule has 0 aliphatic rings. The first-order valence-corrected chi connectivity index (χ1v) is 11.8. The zero-order valence-corrected chi connectivity index (χ0v) is 19.4. The minimum atomic E-state index is -1.10. The molecule has 0 saturated carbocycles. The highest BCUT2D eigenvalue weighted by molar-refractivity contribution is 5.68. The Morgan fingerprint density at radius 1 is 0.897 bits per heavy atom. The SMILES string of the molecule is CCCCCCCCCCCCCC[C@@H](O)[C@@H](O)[C@H](CN)NC(=O)OC(C)(C)C. The first-order valence-electron chi connectivity index (χ1n) is 11.8. The van der Waals surface area contributed by atoms with Crippen LogP contribution in [0, 0.1) is 0 Å². The maximum atomic E-state index is 11.8. The minimum Gasteiger partial charge on any atom is -0.444 e. The Morgan fingerprint density at radius 3 is 1.76 bits per heavy atom. The standard InChI is InChI=1S/C23H48N2O4/c1-5-6-7-8-9-10-11-12-13-14-15-16-17-20(26)21(27)19(18-24)25-22(28)29-23(2,3)4/h19-21,26-27H,5-18,24H2,1-4H3,(H,25,28)/t19-,20+,21-/m0/s1. The summed E-state index contributed by atoms with van der Waals surface area (Å²) in [6.07, 6.45) is 12.9. The molecule has 0 fully saturated rings. The number of amides is 1. The molecule has 0 aromatic carbocycles. The van der Waals surface area contributed by atoms with Crippen molar-refractivity contribution >= 4 is 6.09 Å². The van der Waals surface area contributed by atoms with Gasteiger partial charge in [-0.2, -0.15) is 0 Å². The fraction of sp³-hybridized carbons (Fsp3) is 0.957. The van der Waals surface area contributed by atoms with Crippen LogP contribution >= 0.6 is 0 Å². The molecule has 0 spiro atoms. The molecule has 29 heavy (non-hydrogen) atoms. The number of aliphatic hydroxyl groups is 2. The molecule has 5 N–H and O–H groups in total. The van der Waals surface area contributed by atoms with Crippen LogP contribution in [0.5, 0.6) is 0 Å². The van der Waals surface area contributed by atoms with Crippen LogP contribution in [0.1, 0.15) is 111 Å². The van der Waals surface area contributed by atoms with Crippen molar-refractivity contribution in [1.82, 2.24) is 5.32 Å². The molecular weight excluding hydrogens is 368 g/mol. The van der Waals surface area contributed by atoms with Crippen molar-refractivity contribution < 1.29 is 19.7 Å². The maximum Gasteiger partial charge on any atom is 0.408 e. The summed E-state index contributed by atoms with van der Waals surface area (Å²) in [6, 6.07) is -0.725. The number of alkyl carbamates (subject to hydrolysis) is 1. The second kappa shape index (κ2) is 16.9. The van der Waals surface area contributed by atoms with Crippen LogP contribution in [0.3, 0.4) is 0 Å². The smallest absolute Gasteiger partial charge is 0.408 e. The van der Waals surface area contributed by atoms with Gasteiger partial charge in [0.25, 0.3) is 0 Å². The second-order valence-corrected chi connectivity index (χ2v) is 9.22. The van der Waals surface area contributed by atoms with Gasteiger partial charge in [-0.15, -0.1) is 0 Å². The van der Waals surface area contributed by atoms with Crippen molar-refractivity contribution in [1.29, 1.82) is 0 Å². The third-order valence-electron chi connectivity index (χ3n) is 5.12. The van der Waals surface area contributed by atoms with E-state index in [0.717, 1.165) is 19.3 Å². The van der Waals surface area contributed by atoms with Crippen LogP contribution in [0.4, 0.5) is 4.79 Å². The van der Waals surface area contributed by atoms with Gasteiger partial charge in [-0.25, -0.2) is 4.79 Å². The van der Waals surface area contributed by atoms with Gasteiger partial charge in [-0.3, -0.25) is 0 Å². The third kappa shape index (κ3) is 16.6. The van der Waals surface area contributed by atoms with Crippen LogP contribution in [-0.4, -0.2) is 46.7 Å². The summed E-state index contributed by atoms with van der Waals surface area (Å²) in [5.74, 6) is 0. The van der Waals surface area contributed by atoms with Crippen molar-refractivity contribution in [3.05, 3.63) is 0 Å². The van der Waals surface area contributed by atoms with Crippen LogP contribution in [-0.2, 0) is 4.74 Å². The lowest BCUT2D eigenvalue weighted by molar-refractivity contribution is -0.0119. The van der Waals surface area contributed by atoms with Gasteiger partial charge in [0, 0.05) is 6.54 Å². The summed E-state index contributed by atoms with van der Waals surface area (Å²) >= 11 is 0. The highest BCUT2D eigenvalue weighted by Crippen LogP contribution is 2.15. The molecule has 0 rings (SSSR count). The number of carbonyl (C=O) groups is 1. The van der Waals surface area contributed by atoms with Crippen molar-refractivity contribution in [2.24, 2.45) is 5.73 Å². The van der Waals surface area contributed by atoms with E-state index in [4.69, 9.17) is 10.5 Å². The van der Waals surface area contributed by atoms with Gasteiger partial charge < -0.3 is 26.0 Å². The number of carbonyl (C=O) groups excluding carboxylic acids is 1. The Bertz CT molecular complexity index is 399. The topological polar surface area (TPSA) is 105 Å². The minimum absolute atomic E-state index is 0.0376.